The fourth-order valence-corrected chi connectivity index (χ4v) is 4.78. The predicted molar refractivity (Wildman–Crippen MR) is 129 cm³/mol. The number of hydrogen-bond acceptors (Lipinski definition) is 7. The maximum atomic E-state index is 14.1. The fourth-order valence-electron chi connectivity index (χ4n) is 4.78. The number of aliphatic hydroxyl groups is 2. The Balaban J connectivity index is 1.53. The number of methoxy groups -OCH3 is 1. The Labute approximate surface area is 214 Å². The zero-order chi connectivity index (χ0) is 26.4. The molecule has 2 aromatic rings. The Morgan fingerprint density at radius 3 is 2.59 bits per heavy atom. The molecule has 3 N–H and O–H groups in total. The molecule has 1 heterocycles. The summed E-state index contributed by atoms with van der Waals surface area (Å²) in [5.74, 6) is -1.45. The van der Waals surface area contributed by atoms with Gasteiger partial charge in [0.05, 0.1) is 38.6 Å². The number of rotatable bonds is 10. The van der Waals surface area contributed by atoms with E-state index in [4.69, 9.17) is 18.9 Å². The molecule has 2 fully saturated rings. The van der Waals surface area contributed by atoms with Crippen LogP contribution in [0.1, 0.15) is 36.8 Å². The van der Waals surface area contributed by atoms with E-state index in [1.54, 1.807) is 25.3 Å². The van der Waals surface area contributed by atoms with E-state index in [2.05, 4.69) is 5.32 Å². The first kappa shape index (κ1) is 27.4. The predicted octanol–water partition coefficient (Wildman–Crippen LogP) is 2.62. The maximum absolute atomic E-state index is 14.1. The van der Waals surface area contributed by atoms with Crippen molar-refractivity contribution in [3.63, 3.8) is 0 Å². The average molecular weight is 522 g/mol. The lowest BCUT2D eigenvalue weighted by Crippen LogP contribution is -2.61. The van der Waals surface area contributed by atoms with Gasteiger partial charge in [-0.3, -0.25) is 4.79 Å². The lowest BCUT2D eigenvalue weighted by Gasteiger charge is -2.44. The van der Waals surface area contributed by atoms with Gasteiger partial charge in [0.25, 0.3) is 5.91 Å². The number of hydrogen-bond donors (Lipinski definition) is 3. The fraction of sp³-hybridized carbons (Fsp3) is 0.519. The largest absolute Gasteiger partial charge is 0.497 e. The van der Waals surface area contributed by atoms with E-state index < -0.39 is 48.1 Å². The summed E-state index contributed by atoms with van der Waals surface area (Å²) in [5.41, 5.74) is -1.14. The van der Waals surface area contributed by atoms with Crippen LogP contribution in [0.4, 0.5) is 8.78 Å². The third-order valence-corrected chi connectivity index (χ3v) is 6.93. The molecule has 1 saturated carbocycles. The summed E-state index contributed by atoms with van der Waals surface area (Å²) in [6.45, 7) is 0.428. The molecule has 0 radical (unpaired) electrons. The molecule has 5 atom stereocenters. The van der Waals surface area contributed by atoms with E-state index in [-0.39, 0.29) is 37.7 Å². The number of ether oxygens (including phenoxy) is 4. The second kappa shape index (κ2) is 12.3. The first-order valence-corrected chi connectivity index (χ1v) is 12.4. The van der Waals surface area contributed by atoms with Gasteiger partial charge >= 0.3 is 0 Å². The molecule has 1 aliphatic carbocycles. The lowest BCUT2D eigenvalue weighted by molar-refractivity contribution is -0.200. The van der Waals surface area contributed by atoms with Crippen molar-refractivity contribution in [3.05, 3.63) is 65.2 Å². The van der Waals surface area contributed by atoms with Crippen LogP contribution in [0.5, 0.6) is 5.75 Å². The highest BCUT2D eigenvalue weighted by Gasteiger charge is 2.51. The molecule has 10 heteroatoms. The van der Waals surface area contributed by atoms with Gasteiger partial charge in [-0.1, -0.05) is 18.2 Å². The first-order chi connectivity index (χ1) is 17.8. The molecule has 0 bridgehead atoms. The highest BCUT2D eigenvalue weighted by molar-refractivity contribution is 5.85. The van der Waals surface area contributed by atoms with Crippen molar-refractivity contribution in [1.29, 1.82) is 0 Å². The Kier molecular flexibility index (Phi) is 9.09. The Morgan fingerprint density at radius 2 is 1.89 bits per heavy atom. The highest BCUT2D eigenvalue weighted by atomic mass is 19.1. The Bertz CT molecular complexity index is 1040. The topological polar surface area (TPSA) is 106 Å². The van der Waals surface area contributed by atoms with Crippen molar-refractivity contribution in [2.45, 2.75) is 68.9 Å². The van der Waals surface area contributed by atoms with E-state index in [0.717, 1.165) is 30.5 Å². The van der Waals surface area contributed by atoms with Crippen molar-refractivity contribution in [1.82, 2.24) is 5.32 Å². The number of carbonyl (C=O) groups excluding carboxylic acids is 1. The van der Waals surface area contributed by atoms with Gasteiger partial charge in [0, 0.05) is 31.6 Å². The van der Waals surface area contributed by atoms with E-state index in [0.29, 0.717) is 12.4 Å². The summed E-state index contributed by atoms with van der Waals surface area (Å²) in [6.07, 6.45) is -2.59. The third-order valence-electron chi connectivity index (χ3n) is 6.93. The van der Waals surface area contributed by atoms with E-state index in [9.17, 15) is 23.8 Å². The molecule has 2 aliphatic rings. The number of halogens is 2. The summed E-state index contributed by atoms with van der Waals surface area (Å²) in [4.78, 5) is 13.5. The zero-order valence-corrected chi connectivity index (χ0v) is 20.7. The van der Waals surface area contributed by atoms with Gasteiger partial charge in [0.1, 0.15) is 23.5 Å². The summed E-state index contributed by atoms with van der Waals surface area (Å²) in [5, 5.41) is 24.2. The molecule has 0 spiro atoms. The van der Waals surface area contributed by atoms with Crippen molar-refractivity contribution < 1.29 is 42.7 Å². The van der Waals surface area contributed by atoms with Crippen LogP contribution in [0.15, 0.2) is 42.5 Å². The highest BCUT2D eigenvalue weighted by Crippen LogP contribution is 2.36. The van der Waals surface area contributed by atoms with Crippen LogP contribution >= 0.6 is 0 Å². The summed E-state index contributed by atoms with van der Waals surface area (Å²) < 4.78 is 51.0. The van der Waals surface area contributed by atoms with Crippen molar-refractivity contribution >= 4 is 5.91 Å². The normalized spacial score (nSPS) is 27.7. The van der Waals surface area contributed by atoms with Gasteiger partial charge in [0.15, 0.2) is 5.60 Å². The van der Waals surface area contributed by atoms with Crippen LogP contribution < -0.4 is 10.1 Å². The SMILES string of the molecule is COc1cccc(CO[C@]2(C(=O)NCC3CCCO3)CC(OCc3c(F)cccc3F)[C@H](O)[C@H](O)C2)c1. The van der Waals surface area contributed by atoms with Gasteiger partial charge in [-0.25, -0.2) is 8.78 Å². The van der Waals surface area contributed by atoms with Crippen LogP contribution in [0.25, 0.3) is 0 Å². The number of carbonyl (C=O) groups is 1. The first-order valence-electron chi connectivity index (χ1n) is 12.4. The van der Waals surface area contributed by atoms with Crippen LogP contribution in [0, 0.1) is 11.6 Å². The van der Waals surface area contributed by atoms with Gasteiger partial charge in [-0.05, 0) is 42.7 Å². The Morgan fingerprint density at radius 1 is 1.14 bits per heavy atom. The van der Waals surface area contributed by atoms with Crippen LogP contribution in [-0.4, -0.2) is 66.4 Å². The van der Waals surface area contributed by atoms with Gasteiger partial charge in [0.2, 0.25) is 0 Å². The van der Waals surface area contributed by atoms with Gasteiger partial charge in [-0.15, -0.1) is 0 Å². The standard InChI is InChI=1S/C27H33F2NO7/c1-34-18-6-2-5-17(11-18)15-37-27(26(33)30-14-19-7-4-10-35-19)12-23(31)25(32)24(13-27)36-16-20-21(28)8-3-9-22(20)29/h2-3,5-6,8-9,11,19,23-25,31-32H,4,7,10,12-16H2,1H3,(H,30,33)/t19?,23-,24?,25-,27+/m1/s1. The second-order valence-corrected chi connectivity index (χ2v) is 9.50. The number of amides is 1. The molecule has 8 nitrogen and oxygen atoms in total. The van der Waals surface area contributed by atoms with Crippen molar-refractivity contribution in [3.8, 4) is 5.75 Å². The van der Waals surface area contributed by atoms with E-state index in [1.807, 2.05) is 6.07 Å². The van der Waals surface area contributed by atoms with Crippen molar-refractivity contribution in [2.24, 2.45) is 0 Å². The molecular weight excluding hydrogens is 488 g/mol. The summed E-state index contributed by atoms with van der Waals surface area (Å²) >= 11 is 0. The summed E-state index contributed by atoms with van der Waals surface area (Å²) in [7, 11) is 1.54. The van der Waals surface area contributed by atoms with Gasteiger partial charge < -0.3 is 34.5 Å². The molecule has 37 heavy (non-hydrogen) atoms. The minimum absolute atomic E-state index is 0.0159. The quantitative estimate of drug-likeness (QED) is 0.441. The van der Waals surface area contributed by atoms with Crippen LogP contribution in [-0.2, 0) is 32.2 Å². The van der Waals surface area contributed by atoms with Crippen LogP contribution in [0.2, 0.25) is 0 Å². The van der Waals surface area contributed by atoms with Gasteiger partial charge in [-0.2, -0.15) is 0 Å². The number of aliphatic hydroxyl groups excluding tert-OH is 2. The van der Waals surface area contributed by atoms with E-state index in [1.165, 1.54) is 6.07 Å². The second-order valence-electron chi connectivity index (χ2n) is 9.50. The molecule has 2 unspecified atom stereocenters. The number of nitrogens with one attached hydrogen (secondary N) is 1. The molecular formula is C27H33F2NO7. The lowest BCUT2D eigenvalue weighted by atomic mass is 9.78. The number of benzene rings is 2. The summed E-state index contributed by atoms with van der Waals surface area (Å²) in [6, 6.07) is 10.6. The molecule has 1 saturated heterocycles. The zero-order valence-electron chi connectivity index (χ0n) is 20.7. The minimum atomic E-state index is -1.57. The monoisotopic (exact) mass is 521 g/mol. The maximum Gasteiger partial charge on any atom is 0.252 e. The Hall–Kier alpha value is -2.63. The molecule has 2 aromatic carbocycles. The van der Waals surface area contributed by atoms with Crippen molar-refractivity contribution in [2.75, 3.05) is 20.3 Å². The molecule has 4 rings (SSSR count). The minimum Gasteiger partial charge on any atom is -0.497 e. The smallest absolute Gasteiger partial charge is 0.252 e. The average Bonchev–Trinajstić information content (AvgIpc) is 3.42. The molecule has 1 amide bonds. The molecule has 0 aromatic heterocycles. The molecule has 1 aliphatic heterocycles. The molecule has 202 valence electrons. The van der Waals surface area contributed by atoms with Crippen LogP contribution in [0.3, 0.4) is 0 Å². The third kappa shape index (κ3) is 6.63. The van der Waals surface area contributed by atoms with E-state index >= 15 is 0 Å².